The predicted octanol–water partition coefficient (Wildman–Crippen LogP) is 5.53. The Kier molecular flexibility index (Phi) is 6.89. The van der Waals surface area contributed by atoms with Crippen LogP contribution in [-0.4, -0.2) is 53.4 Å². The first kappa shape index (κ1) is 25.1. The molecule has 0 saturated carbocycles. The van der Waals surface area contributed by atoms with Gasteiger partial charge in [0.2, 0.25) is 11.9 Å². The van der Waals surface area contributed by atoms with Gasteiger partial charge in [-0.3, -0.25) is 4.79 Å². The zero-order chi connectivity index (χ0) is 26.0. The number of anilines is 1. The lowest BCUT2D eigenvalue weighted by molar-refractivity contribution is -0.137. The molecule has 0 atom stereocenters. The number of pyridine rings is 2. The number of hydrogen-bond donors (Lipinski definition) is 1. The molecule has 0 bridgehead atoms. The average Bonchev–Trinajstić information content (AvgIpc) is 3.25. The number of benzene rings is 1. The second kappa shape index (κ2) is 9.90. The van der Waals surface area contributed by atoms with Crippen LogP contribution in [0.3, 0.4) is 0 Å². The maximum atomic E-state index is 13.8. The summed E-state index contributed by atoms with van der Waals surface area (Å²) in [5, 5.41) is 0.605. The first-order valence-electron chi connectivity index (χ1n) is 10.9. The number of halogens is 4. The van der Waals surface area contributed by atoms with E-state index < -0.39 is 23.6 Å². The summed E-state index contributed by atoms with van der Waals surface area (Å²) in [7, 11) is 5.10. The monoisotopic (exact) mass is 497 g/mol. The van der Waals surface area contributed by atoms with Crippen LogP contribution in [0.4, 0.5) is 23.2 Å². The molecule has 3 aromatic heterocycles. The van der Waals surface area contributed by atoms with Crippen LogP contribution >= 0.6 is 0 Å². The van der Waals surface area contributed by atoms with E-state index in [1.165, 1.54) is 42.6 Å². The van der Waals surface area contributed by atoms with Gasteiger partial charge in [0.1, 0.15) is 5.65 Å². The molecule has 1 amide bonds. The second-order valence-electron chi connectivity index (χ2n) is 8.52. The molecule has 4 aromatic rings. The van der Waals surface area contributed by atoms with Crippen molar-refractivity contribution in [3.63, 3.8) is 0 Å². The first-order valence-corrected chi connectivity index (χ1v) is 10.9. The third-order valence-corrected chi connectivity index (χ3v) is 5.60. The second-order valence-corrected chi connectivity index (χ2v) is 8.52. The van der Waals surface area contributed by atoms with E-state index in [2.05, 4.69) is 15.0 Å². The highest BCUT2D eigenvalue weighted by molar-refractivity contribution is 6.01. The molecule has 3 heterocycles. The van der Waals surface area contributed by atoms with Crippen LogP contribution < -0.4 is 4.90 Å². The lowest BCUT2D eigenvalue weighted by Gasteiger charge is -2.19. The zero-order valence-corrected chi connectivity index (χ0v) is 19.8. The van der Waals surface area contributed by atoms with E-state index in [1.807, 2.05) is 19.0 Å². The minimum atomic E-state index is -4.62. The van der Waals surface area contributed by atoms with Crippen molar-refractivity contribution in [2.24, 2.45) is 0 Å². The van der Waals surface area contributed by atoms with Crippen molar-refractivity contribution >= 4 is 22.6 Å². The van der Waals surface area contributed by atoms with Gasteiger partial charge in [-0.15, -0.1) is 0 Å². The highest BCUT2D eigenvalue weighted by atomic mass is 19.4. The van der Waals surface area contributed by atoms with Gasteiger partial charge < -0.3 is 14.8 Å². The predicted molar refractivity (Wildman–Crippen MR) is 131 cm³/mol. The Labute approximate surface area is 204 Å². The van der Waals surface area contributed by atoms with Crippen molar-refractivity contribution in [3.8, 4) is 22.3 Å². The SMILES string of the molecule is CN(C)C/C=C/C(=O)N(C)c1cc(-c2cnc3[nH]cc(-c4ccnc(F)c4)c3c2)cc(C(F)(F)F)c1. The summed E-state index contributed by atoms with van der Waals surface area (Å²) in [6, 6.07) is 8.05. The van der Waals surface area contributed by atoms with Gasteiger partial charge in [-0.25, -0.2) is 9.97 Å². The molecule has 0 aliphatic rings. The molecular formula is C26H23F4N5O. The van der Waals surface area contributed by atoms with E-state index >= 15 is 0 Å². The van der Waals surface area contributed by atoms with Crippen LogP contribution in [0.2, 0.25) is 0 Å². The van der Waals surface area contributed by atoms with Crippen molar-refractivity contribution in [2.45, 2.75) is 6.18 Å². The molecule has 0 unspecified atom stereocenters. The molecule has 4 rings (SSSR count). The van der Waals surface area contributed by atoms with Crippen molar-refractivity contribution in [1.29, 1.82) is 0 Å². The van der Waals surface area contributed by atoms with E-state index in [9.17, 15) is 22.4 Å². The summed E-state index contributed by atoms with van der Waals surface area (Å²) in [5.74, 6) is -1.11. The van der Waals surface area contributed by atoms with E-state index in [0.717, 1.165) is 12.1 Å². The van der Waals surface area contributed by atoms with Crippen molar-refractivity contribution in [1.82, 2.24) is 19.9 Å². The summed E-state index contributed by atoms with van der Waals surface area (Å²) in [6.45, 7) is 0.513. The maximum Gasteiger partial charge on any atom is 0.416 e. The van der Waals surface area contributed by atoms with Gasteiger partial charge in [-0.1, -0.05) is 6.08 Å². The van der Waals surface area contributed by atoms with Gasteiger partial charge in [0.25, 0.3) is 0 Å². The number of amides is 1. The zero-order valence-electron chi connectivity index (χ0n) is 19.8. The van der Waals surface area contributed by atoms with Gasteiger partial charge in [0.15, 0.2) is 0 Å². The Morgan fingerprint density at radius 3 is 2.50 bits per heavy atom. The Morgan fingerprint density at radius 2 is 1.81 bits per heavy atom. The Bertz CT molecular complexity index is 1440. The Hall–Kier alpha value is -4.05. The highest BCUT2D eigenvalue weighted by Crippen LogP contribution is 2.37. The van der Waals surface area contributed by atoms with Crippen LogP contribution in [0.25, 0.3) is 33.3 Å². The van der Waals surface area contributed by atoms with Crippen molar-refractivity contribution in [2.75, 3.05) is 32.6 Å². The van der Waals surface area contributed by atoms with Crippen LogP contribution in [0.5, 0.6) is 0 Å². The van der Waals surface area contributed by atoms with Crippen LogP contribution in [0.1, 0.15) is 5.56 Å². The number of carbonyl (C=O) groups is 1. The lowest BCUT2D eigenvalue weighted by Crippen LogP contribution is -2.25. The Balaban J connectivity index is 1.79. The smallest absolute Gasteiger partial charge is 0.346 e. The summed E-state index contributed by atoms with van der Waals surface area (Å²) in [4.78, 5) is 26.5. The maximum absolute atomic E-state index is 13.8. The summed E-state index contributed by atoms with van der Waals surface area (Å²) in [5.41, 5.74) is 1.52. The average molecular weight is 497 g/mol. The van der Waals surface area contributed by atoms with Gasteiger partial charge >= 0.3 is 6.18 Å². The summed E-state index contributed by atoms with van der Waals surface area (Å²) >= 11 is 0. The van der Waals surface area contributed by atoms with Crippen LogP contribution in [0, 0.1) is 5.95 Å². The minimum Gasteiger partial charge on any atom is -0.346 e. The first-order chi connectivity index (χ1) is 17.0. The molecule has 6 nitrogen and oxygen atoms in total. The molecule has 1 N–H and O–H groups in total. The summed E-state index contributed by atoms with van der Waals surface area (Å²) in [6.07, 6.45) is 2.78. The fraction of sp³-hybridized carbons (Fsp3) is 0.192. The molecular weight excluding hydrogens is 474 g/mol. The van der Waals surface area contributed by atoms with Crippen LogP contribution in [0.15, 0.2) is 67.1 Å². The molecule has 0 saturated heterocycles. The van der Waals surface area contributed by atoms with E-state index in [-0.39, 0.29) is 11.3 Å². The van der Waals surface area contributed by atoms with Gasteiger partial charge in [-0.2, -0.15) is 17.6 Å². The standard InChI is InChI=1S/C26H23F4N5O/c1-34(2)8-4-5-24(36)35(3)20-10-17(9-19(13-20)26(28,29)30)18-11-21-22(15-33-25(21)32-14-18)16-6-7-31-23(27)12-16/h4-7,9-15H,8H2,1-3H3,(H,32,33)/b5-4+. The van der Waals surface area contributed by atoms with Crippen molar-refractivity contribution < 1.29 is 22.4 Å². The molecule has 10 heteroatoms. The van der Waals surface area contributed by atoms with Gasteiger partial charge in [0, 0.05) is 66.5 Å². The van der Waals surface area contributed by atoms with Crippen molar-refractivity contribution in [3.05, 3.63) is 78.7 Å². The summed E-state index contributed by atoms with van der Waals surface area (Å²) < 4.78 is 55.0. The molecule has 1 aromatic carbocycles. The van der Waals surface area contributed by atoms with Gasteiger partial charge in [-0.05, 0) is 55.6 Å². The quantitative estimate of drug-likeness (QED) is 0.216. The molecule has 186 valence electrons. The third kappa shape index (κ3) is 5.44. The number of rotatable bonds is 6. The topological polar surface area (TPSA) is 65.1 Å². The number of fused-ring (bicyclic) bond motifs is 1. The normalized spacial score (nSPS) is 12.1. The van der Waals surface area contributed by atoms with E-state index in [0.29, 0.717) is 34.3 Å². The molecule has 36 heavy (non-hydrogen) atoms. The Morgan fingerprint density at radius 1 is 1.03 bits per heavy atom. The number of carbonyl (C=O) groups excluding carboxylic acids is 1. The van der Waals surface area contributed by atoms with E-state index in [1.54, 1.807) is 24.4 Å². The fourth-order valence-corrected chi connectivity index (χ4v) is 3.71. The molecule has 0 fully saturated rings. The molecule has 0 radical (unpaired) electrons. The third-order valence-electron chi connectivity index (χ3n) is 5.60. The van der Waals surface area contributed by atoms with E-state index in [4.69, 9.17) is 0 Å². The number of alkyl halides is 3. The molecule has 0 aliphatic heterocycles. The number of H-pyrrole nitrogens is 1. The lowest BCUT2D eigenvalue weighted by atomic mass is 10.00. The minimum absolute atomic E-state index is 0.0879. The number of likely N-dealkylation sites (N-methyl/N-ethyl adjacent to an activating group) is 2. The number of nitrogens with zero attached hydrogens (tertiary/aromatic N) is 4. The fourth-order valence-electron chi connectivity index (χ4n) is 3.71. The number of nitrogens with one attached hydrogen (secondary N) is 1. The van der Waals surface area contributed by atoms with Crippen LogP contribution in [-0.2, 0) is 11.0 Å². The number of aromatic amines is 1. The molecule has 0 spiro atoms. The largest absolute Gasteiger partial charge is 0.416 e. The van der Waals surface area contributed by atoms with Gasteiger partial charge in [0.05, 0.1) is 5.56 Å². The molecule has 0 aliphatic carbocycles. The number of aromatic nitrogens is 3. The highest BCUT2D eigenvalue weighted by Gasteiger charge is 2.32. The number of hydrogen-bond acceptors (Lipinski definition) is 4.